The van der Waals surface area contributed by atoms with E-state index in [-0.39, 0.29) is 17.8 Å². The highest BCUT2D eigenvalue weighted by Crippen LogP contribution is 2.36. The summed E-state index contributed by atoms with van der Waals surface area (Å²) in [6.07, 6.45) is -3.04. The molecule has 0 spiro atoms. The molecule has 1 aliphatic rings. The lowest BCUT2D eigenvalue weighted by molar-refractivity contribution is -0.138. The standard InChI is InChI=1S/C17H17F3N4O/c1-10(17(18,19)20)23-16-21-8-7-13(24-16)14-12(9-22-15(14)25)11-5-3-2-4-6-11/h2-8,10,12,14H,9H2,1H3,(H,22,25)(H,21,23,24)/t10?,12-,14?/m1/s1. The van der Waals surface area contributed by atoms with E-state index in [1.807, 2.05) is 30.3 Å². The molecule has 1 fully saturated rings. The Morgan fingerprint density at radius 1 is 1.24 bits per heavy atom. The highest BCUT2D eigenvalue weighted by Gasteiger charge is 2.39. The first kappa shape index (κ1) is 17.2. The van der Waals surface area contributed by atoms with Gasteiger partial charge in [0.1, 0.15) is 6.04 Å². The second-order valence-corrected chi connectivity index (χ2v) is 5.95. The molecule has 1 aromatic heterocycles. The Balaban J connectivity index is 1.87. The molecule has 25 heavy (non-hydrogen) atoms. The first-order chi connectivity index (χ1) is 11.9. The van der Waals surface area contributed by atoms with Gasteiger partial charge in [0, 0.05) is 18.7 Å². The molecule has 1 aromatic carbocycles. The number of carbonyl (C=O) groups is 1. The molecule has 2 aromatic rings. The zero-order valence-electron chi connectivity index (χ0n) is 13.4. The van der Waals surface area contributed by atoms with Crippen LogP contribution in [0.5, 0.6) is 0 Å². The van der Waals surface area contributed by atoms with Gasteiger partial charge in [-0.1, -0.05) is 30.3 Å². The summed E-state index contributed by atoms with van der Waals surface area (Å²) in [5.41, 5.74) is 1.37. The Hall–Kier alpha value is -2.64. The Morgan fingerprint density at radius 2 is 1.96 bits per heavy atom. The summed E-state index contributed by atoms with van der Waals surface area (Å²) in [5, 5.41) is 5.04. The van der Waals surface area contributed by atoms with Crippen LogP contribution in [0.1, 0.15) is 30.0 Å². The predicted molar refractivity (Wildman–Crippen MR) is 86.1 cm³/mol. The Kier molecular flexibility index (Phi) is 4.61. The van der Waals surface area contributed by atoms with Gasteiger partial charge in [0.25, 0.3) is 0 Å². The van der Waals surface area contributed by atoms with Crippen molar-refractivity contribution < 1.29 is 18.0 Å². The summed E-state index contributed by atoms with van der Waals surface area (Å²) in [5.74, 6) is -1.03. The molecule has 0 bridgehead atoms. The van der Waals surface area contributed by atoms with E-state index in [1.54, 1.807) is 6.07 Å². The van der Waals surface area contributed by atoms with Crippen molar-refractivity contribution in [1.29, 1.82) is 0 Å². The van der Waals surface area contributed by atoms with Crippen molar-refractivity contribution in [2.24, 2.45) is 0 Å². The number of benzene rings is 1. The fraction of sp³-hybridized carbons (Fsp3) is 0.353. The van der Waals surface area contributed by atoms with E-state index in [1.165, 1.54) is 6.20 Å². The normalized spacial score (nSPS) is 21.7. The zero-order valence-corrected chi connectivity index (χ0v) is 13.4. The third-order valence-corrected chi connectivity index (χ3v) is 4.24. The Morgan fingerprint density at radius 3 is 2.64 bits per heavy atom. The van der Waals surface area contributed by atoms with Gasteiger partial charge in [-0.25, -0.2) is 9.97 Å². The van der Waals surface area contributed by atoms with Crippen LogP contribution in [0.3, 0.4) is 0 Å². The van der Waals surface area contributed by atoms with E-state index in [0.29, 0.717) is 12.2 Å². The number of nitrogens with one attached hydrogen (secondary N) is 2. The summed E-state index contributed by atoms with van der Waals surface area (Å²) in [4.78, 5) is 20.3. The van der Waals surface area contributed by atoms with Crippen LogP contribution in [0.4, 0.5) is 19.1 Å². The smallest absolute Gasteiger partial charge is 0.355 e. The molecule has 3 rings (SSSR count). The molecule has 0 radical (unpaired) electrons. The van der Waals surface area contributed by atoms with Crippen LogP contribution in [-0.2, 0) is 4.79 Å². The molecule has 1 amide bonds. The van der Waals surface area contributed by atoms with Crippen LogP contribution >= 0.6 is 0 Å². The fourth-order valence-corrected chi connectivity index (χ4v) is 2.86. The predicted octanol–water partition coefficient (Wildman–Crippen LogP) is 2.84. The van der Waals surface area contributed by atoms with Gasteiger partial charge in [-0.05, 0) is 18.6 Å². The van der Waals surface area contributed by atoms with Crippen molar-refractivity contribution in [2.45, 2.75) is 31.0 Å². The van der Waals surface area contributed by atoms with Crippen molar-refractivity contribution in [3.05, 3.63) is 53.9 Å². The lowest BCUT2D eigenvalue weighted by Gasteiger charge is -2.19. The van der Waals surface area contributed by atoms with Crippen molar-refractivity contribution in [1.82, 2.24) is 15.3 Å². The lowest BCUT2D eigenvalue weighted by atomic mass is 9.86. The largest absolute Gasteiger partial charge is 0.408 e. The quantitative estimate of drug-likeness (QED) is 0.890. The van der Waals surface area contributed by atoms with Crippen molar-refractivity contribution in [2.75, 3.05) is 11.9 Å². The van der Waals surface area contributed by atoms with Crippen LogP contribution in [0.15, 0.2) is 42.6 Å². The van der Waals surface area contributed by atoms with Gasteiger partial charge in [-0.2, -0.15) is 13.2 Å². The highest BCUT2D eigenvalue weighted by atomic mass is 19.4. The number of nitrogens with zero attached hydrogens (tertiary/aromatic N) is 2. The number of alkyl halides is 3. The van der Waals surface area contributed by atoms with Gasteiger partial charge >= 0.3 is 6.18 Å². The molecule has 3 atom stereocenters. The molecule has 2 heterocycles. The maximum Gasteiger partial charge on any atom is 0.408 e. The fourth-order valence-electron chi connectivity index (χ4n) is 2.86. The zero-order chi connectivity index (χ0) is 18.0. The molecule has 1 aliphatic heterocycles. The molecular weight excluding hydrogens is 333 g/mol. The molecule has 5 nitrogen and oxygen atoms in total. The molecule has 132 valence electrons. The summed E-state index contributed by atoms with van der Waals surface area (Å²) in [6, 6.07) is 9.27. The van der Waals surface area contributed by atoms with Crippen LogP contribution in [-0.4, -0.2) is 34.6 Å². The summed E-state index contributed by atoms with van der Waals surface area (Å²) >= 11 is 0. The number of carbonyl (C=O) groups excluding carboxylic acids is 1. The number of anilines is 1. The molecule has 1 saturated heterocycles. The van der Waals surface area contributed by atoms with Crippen molar-refractivity contribution in [3.63, 3.8) is 0 Å². The number of halogens is 3. The summed E-state index contributed by atoms with van der Waals surface area (Å²) in [6.45, 7) is 1.45. The minimum atomic E-state index is -4.41. The van der Waals surface area contributed by atoms with Crippen molar-refractivity contribution >= 4 is 11.9 Å². The SMILES string of the molecule is CC(Nc1nccc(C2C(=O)NC[C@@H]2c2ccccc2)n1)C(F)(F)F. The van der Waals surface area contributed by atoms with Crippen molar-refractivity contribution in [3.8, 4) is 0 Å². The van der Waals surface area contributed by atoms with Gasteiger partial charge < -0.3 is 10.6 Å². The molecule has 2 unspecified atom stereocenters. The molecule has 0 saturated carbocycles. The average Bonchev–Trinajstić information content (AvgIpc) is 2.96. The monoisotopic (exact) mass is 350 g/mol. The van der Waals surface area contributed by atoms with E-state index in [2.05, 4.69) is 20.6 Å². The molecule has 0 aliphatic carbocycles. The van der Waals surface area contributed by atoms with Crippen LogP contribution in [0.25, 0.3) is 0 Å². The van der Waals surface area contributed by atoms with E-state index in [9.17, 15) is 18.0 Å². The average molecular weight is 350 g/mol. The Bertz CT molecular complexity index is 751. The first-order valence-corrected chi connectivity index (χ1v) is 7.85. The second-order valence-electron chi connectivity index (χ2n) is 5.95. The second kappa shape index (κ2) is 6.70. The molecular formula is C17H17F3N4O. The summed E-state index contributed by atoms with van der Waals surface area (Å²) in [7, 11) is 0. The number of aromatic nitrogens is 2. The van der Waals surface area contributed by atoms with E-state index in [4.69, 9.17) is 0 Å². The van der Waals surface area contributed by atoms with Gasteiger partial charge in [-0.3, -0.25) is 4.79 Å². The van der Waals surface area contributed by atoms with Gasteiger partial charge in [0.2, 0.25) is 11.9 Å². The third kappa shape index (κ3) is 3.72. The van der Waals surface area contributed by atoms with E-state index >= 15 is 0 Å². The molecule has 2 N–H and O–H groups in total. The van der Waals surface area contributed by atoms with Crippen LogP contribution in [0.2, 0.25) is 0 Å². The minimum Gasteiger partial charge on any atom is -0.355 e. The minimum absolute atomic E-state index is 0.128. The lowest BCUT2D eigenvalue weighted by Crippen LogP contribution is -2.34. The maximum atomic E-state index is 12.7. The third-order valence-electron chi connectivity index (χ3n) is 4.24. The van der Waals surface area contributed by atoms with Crippen LogP contribution in [0, 0.1) is 0 Å². The van der Waals surface area contributed by atoms with Gasteiger partial charge in [-0.15, -0.1) is 0 Å². The highest BCUT2D eigenvalue weighted by molar-refractivity contribution is 5.87. The molecule has 8 heteroatoms. The van der Waals surface area contributed by atoms with Gasteiger partial charge in [0.15, 0.2) is 0 Å². The number of hydrogen-bond donors (Lipinski definition) is 2. The first-order valence-electron chi connectivity index (χ1n) is 7.85. The number of rotatable bonds is 4. The summed E-state index contributed by atoms with van der Waals surface area (Å²) < 4.78 is 38.1. The maximum absolute atomic E-state index is 12.7. The van der Waals surface area contributed by atoms with E-state index in [0.717, 1.165) is 12.5 Å². The van der Waals surface area contributed by atoms with E-state index < -0.39 is 18.1 Å². The van der Waals surface area contributed by atoms with Crippen LogP contribution < -0.4 is 10.6 Å². The van der Waals surface area contributed by atoms with Gasteiger partial charge in [0.05, 0.1) is 11.6 Å². The number of hydrogen-bond acceptors (Lipinski definition) is 4. The number of amides is 1. The topological polar surface area (TPSA) is 66.9 Å². The Labute approximate surface area is 142 Å².